The van der Waals surface area contributed by atoms with Gasteiger partial charge in [0.25, 0.3) is 0 Å². The zero-order valence-electron chi connectivity index (χ0n) is 30.5. The molecule has 0 spiro atoms. The Morgan fingerprint density at radius 1 is 0.586 bits per heavy atom. The van der Waals surface area contributed by atoms with Gasteiger partial charge in [-0.15, -0.1) is 0 Å². The van der Waals surface area contributed by atoms with Crippen molar-refractivity contribution in [2.45, 2.75) is 27.7 Å². The van der Waals surface area contributed by atoms with E-state index in [4.69, 9.17) is 60.5 Å². The van der Waals surface area contributed by atoms with Crippen LogP contribution in [0.25, 0.3) is 0 Å². The van der Waals surface area contributed by atoms with Gasteiger partial charge in [0.05, 0.1) is 26.6 Å². The minimum atomic E-state index is -1.08. The number of benzene rings is 2. The zero-order chi connectivity index (χ0) is 36.8. The smallest absolute Gasteiger partial charge is 1.00 e. The molecule has 0 aliphatic heterocycles. The molecule has 0 bridgehead atoms. The van der Waals surface area contributed by atoms with Gasteiger partial charge in [-0.1, -0.05) is 35.8 Å². The molecule has 0 aliphatic carbocycles. The third kappa shape index (κ3) is 85.4. The molecule has 26 nitrogen and oxygen atoms in total. The van der Waals surface area contributed by atoms with E-state index >= 15 is 0 Å². The van der Waals surface area contributed by atoms with E-state index in [2.05, 4.69) is 10.2 Å². The van der Waals surface area contributed by atoms with Crippen LogP contribution in [0.3, 0.4) is 0 Å². The molecule has 19 N–H and O–H groups in total. The molecule has 0 fully saturated rings. The molecule has 0 saturated carbocycles. The monoisotopic (exact) mass is 1280 g/mol. The number of carboxylic acid groups (broad SMARTS) is 4. The van der Waals surface area contributed by atoms with E-state index < -0.39 is 35.9 Å². The molecule has 2 aromatic carbocycles. The van der Waals surface area contributed by atoms with E-state index in [0.717, 1.165) is 27.7 Å². The number of nitrogens with zero attached hydrogens (tertiary/aromatic N) is 2. The number of amides is 4. The van der Waals surface area contributed by atoms with Crippen molar-refractivity contribution in [2.75, 3.05) is 14.2 Å². The van der Waals surface area contributed by atoms with E-state index in [1.54, 1.807) is 36.4 Å². The maximum absolute atomic E-state index is 11.5. The average molecular weight is 1280 g/mol. The first-order chi connectivity index (χ1) is 21.2. The van der Waals surface area contributed by atoms with Crippen LogP contribution in [0.1, 0.15) is 38.8 Å². The summed E-state index contributed by atoms with van der Waals surface area (Å²) in [7, 11) is 2.80. The molecule has 0 unspecified atom stereocenters. The van der Waals surface area contributed by atoms with Gasteiger partial charge in [0.15, 0.2) is 0 Å². The van der Waals surface area contributed by atoms with Gasteiger partial charge in [-0.05, 0) is 51.0 Å². The predicted molar refractivity (Wildman–Crippen MR) is 170 cm³/mol. The van der Waals surface area contributed by atoms with Gasteiger partial charge in [0, 0.05) is 99.4 Å². The summed E-state index contributed by atoms with van der Waals surface area (Å²) in [6, 6.07) is 7.90. The van der Waals surface area contributed by atoms with Gasteiger partial charge >= 0.3 is 45.0 Å². The molecule has 32 heteroatoms. The predicted octanol–water partition coefficient (Wildman–Crippen LogP) is -15.4. The van der Waals surface area contributed by atoms with Crippen LogP contribution in [0, 0.1) is 75.5 Å². The third-order valence-electron chi connectivity index (χ3n) is 3.22. The van der Waals surface area contributed by atoms with Crippen molar-refractivity contribution in [2.24, 2.45) is 21.7 Å². The quantitative estimate of drug-likeness (QED) is 0.0903. The summed E-state index contributed by atoms with van der Waals surface area (Å²) < 4.78 is 9.65. The van der Waals surface area contributed by atoms with Crippen LogP contribution in [-0.2, 0) is 68.6 Å². The Balaban J connectivity index is -0.0000000276. The Bertz CT molecular complexity index is 1220. The van der Waals surface area contributed by atoms with Crippen LogP contribution in [-0.4, -0.2) is 79.0 Å². The molecule has 58 heavy (non-hydrogen) atoms. The van der Waals surface area contributed by atoms with Crippen molar-refractivity contribution in [1.29, 1.82) is 0 Å². The summed E-state index contributed by atoms with van der Waals surface area (Å²) in [5, 5.41) is 65.5. The Morgan fingerprint density at radius 3 is 0.931 bits per heavy atom. The fraction of sp³-hybridized carbons (Fsp3) is 0.231. The first-order valence-electron chi connectivity index (χ1n) is 11.8. The number of rotatable bonds is 6. The molecule has 2 rings (SSSR count). The number of nitrogens with two attached hydrogens (primary N) is 2. The number of carbonyl (C=O) groups is 6. The standard InChI is InChI=1S/2C9H11N3O3.4C2H4O2.2ClH.2Ho.2Ni.6H2O/c2*1-15-7-4-2-3-6(8(7)13)5-11-12-9(10)14;4*1-2(3)4;;;;;;;;;;;;/h2*2-5,13H,1H3,(H3,10,12,14);4*1H3,(H,3,4);2*1H;;;;;6*1H2/q;;;;;;;;;;2*+3;;;;;;/p-7/b2*11-5+;;;;;;;;;;;;;;;;. The van der Waals surface area contributed by atoms with Gasteiger partial charge in [-0.2, -0.15) is 10.2 Å². The number of ether oxygens (including phenoxy) is 2. The number of nitrogens with one attached hydrogen (secondary N) is 2. The Labute approximate surface area is 424 Å². The number of urea groups is 2. The van der Waals surface area contributed by atoms with Crippen molar-refractivity contribution < 1.29 is 235 Å². The molecule has 2 aromatic rings. The maximum atomic E-state index is 11.5. The Kier molecular flexibility index (Phi) is 125. The maximum Gasteiger partial charge on any atom is 3.00 e. The van der Waals surface area contributed by atoms with Crippen LogP contribution in [0.5, 0.6) is 23.0 Å². The van der Waals surface area contributed by atoms with Crippen LogP contribution >= 0.6 is 0 Å². The molecular weight excluding hydrogens is 1230 g/mol. The average Bonchev–Trinajstić information content (AvgIpc) is 2.89. The first-order valence-corrected chi connectivity index (χ1v) is 11.8. The van der Waals surface area contributed by atoms with Crippen molar-refractivity contribution >= 4 is 48.4 Å². The molecule has 0 aromatic heterocycles. The molecule has 356 valence electrons. The number of para-hydroxylation sites is 2. The minimum Gasteiger partial charge on any atom is -1.00 e. The summed E-state index contributed by atoms with van der Waals surface area (Å²) in [5.74, 6) is -4.49. The van der Waals surface area contributed by atoms with E-state index in [1.807, 2.05) is 10.9 Å². The number of primary amides is 2. The summed E-state index contributed by atoms with van der Waals surface area (Å²) >= 11 is 0. The van der Waals surface area contributed by atoms with Crippen LogP contribution in [0.4, 0.5) is 9.59 Å². The van der Waals surface area contributed by atoms with Gasteiger partial charge in [-0.3, -0.25) is 0 Å². The number of hydrazone groups is 2. The van der Waals surface area contributed by atoms with Gasteiger partial charge in [-0.25, -0.2) is 20.4 Å². The number of hydrogen-bond donors (Lipinski definition) is 4. The van der Waals surface area contributed by atoms with Crippen molar-refractivity contribution in [3.8, 4) is 23.0 Å². The third-order valence-corrected chi connectivity index (χ3v) is 3.22. The van der Waals surface area contributed by atoms with Crippen LogP contribution in [0.2, 0.25) is 0 Å². The molecular formula is C26H45Cl2Ho2N6Ni2O20-. The largest absolute Gasteiger partial charge is 3.00 e. The summed E-state index contributed by atoms with van der Waals surface area (Å²) in [4.78, 5) is 56.1. The second-order valence-electron chi connectivity index (χ2n) is 7.19. The molecule has 4 radical (unpaired) electrons. The molecule has 0 heterocycles. The van der Waals surface area contributed by atoms with Crippen molar-refractivity contribution in [1.82, 2.24) is 10.9 Å². The molecule has 0 aliphatic rings. The topological polar surface area (TPSA) is 551 Å². The second kappa shape index (κ2) is 68.9. The van der Waals surface area contributed by atoms with Gasteiger partial charge < -0.3 is 128 Å². The van der Waals surface area contributed by atoms with E-state index in [9.17, 15) is 19.8 Å². The first kappa shape index (κ1) is 106. The number of halogens is 2. The number of carbonyl (C=O) groups excluding carboxylic acids is 6. The number of hydrogen-bond acceptors (Lipinski definition) is 18. The minimum absolute atomic E-state index is 0. The summed E-state index contributed by atoms with van der Waals surface area (Å²) in [6.07, 6.45) is 2.41. The van der Waals surface area contributed by atoms with E-state index in [0.29, 0.717) is 11.1 Å². The summed E-state index contributed by atoms with van der Waals surface area (Å²) in [6.45, 7) is 3.89. The number of aliphatic carboxylic acids is 4. The Morgan fingerprint density at radius 2 is 0.776 bits per heavy atom. The van der Waals surface area contributed by atoms with E-state index in [1.165, 1.54) is 26.6 Å². The van der Waals surface area contributed by atoms with Crippen molar-refractivity contribution in [3.05, 3.63) is 47.5 Å². The second-order valence-corrected chi connectivity index (χ2v) is 7.19. The molecule has 0 atom stereocenters. The van der Waals surface area contributed by atoms with Gasteiger partial charge in [0.2, 0.25) is 0 Å². The summed E-state index contributed by atoms with van der Waals surface area (Å²) in [5.41, 5.74) is 14.2. The molecule has 0 saturated heterocycles. The molecule has 4 amide bonds. The Hall–Kier alpha value is -2.75. The normalized spacial score (nSPS) is 7.00. The zero-order valence-corrected chi connectivity index (χ0v) is 37.9. The number of carboxylic acids is 4. The van der Waals surface area contributed by atoms with Crippen LogP contribution in [0.15, 0.2) is 46.6 Å². The number of methoxy groups -OCH3 is 2. The van der Waals surface area contributed by atoms with Gasteiger partial charge in [0.1, 0.15) is 11.5 Å². The van der Waals surface area contributed by atoms with E-state index in [-0.39, 0.29) is 189 Å². The van der Waals surface area contributed by atoms with Crippen LogP contribution < -0.4 is 87.2 Å². The fourth-order valence-corrected chi connectivity index (χ4v) is 1.92. The van der Waals surface area contributed by atoms with Crippen molar-refractivity contribution in [3.63, 3.8) is 0 Å². The SMILES string of the molecule is CC(=O)[O-].CC(=O)[O-].CC(=O)[O-].CC(=O)[O-].COc1cccc(/C=N/NC(N)=O)c1[O-].COc1cccc(/C=N/NC(N)=O)c1[O-].O.[Cl-].[Cl-].[Ho].[Ho].[Ni+3].[Ni+3].[OH-].[OH-].[OH3+].[OH3+].[OH3+]. The fourth-order valence-electron chi connectivity index (χ4n) is 1.92.